The van der Waals surface area contributed by atoms with Crippen molar-refractivity contribution in [2.45, 2.75) is 30.7 Å². The lowest BCUT2D eigenvalue weighted by atomic mass is 9.93. The average molecular weight is 299 g/mol. The first kappa shape index (κ1) is 15.1. The van der Waals surface area contributed by atoms with Gasteiger partial charge in [-0.3, -0.25) is 0 Å². The molecule has 0 bridgehead atoms. The average Bonchev–Trinajstić information content (AvgIpc) is 2.40. The maximum absolute atomic E-state index is 11.4. The second-order valence-electron chi connectivity index (χ2n) is 5.15. The predicted octanol–water partition coefficient (Wildman–Crippen LogP) is 1.14. The van der Waals surface area contributed by atoms with E-state index in [4.69, 9.17) is 15.6 Å². The van der Waals surface area contributed by atoms with E-state index in [1.165, 1.54) is 6.07 Å². The summed E-state index contributed by atoms with van der Waals surface area (Å²) < 4.78 is 28.2. The number of nitrogens with one attached hydrogen (secondary N) is 1. The van der Waals surface area contributed by atoms with Crippen LogP contribution in [0.5, 0.6) is 0 Å². The van der Waals surface area contributed by atoms with Gasteiger partial charge >= 0.3 is 0 Å². The van der Waals surface area contributed by atoms with Crippen LogP contribution in [-0.4, -0.2) is 27.7 Å². The normalized spacial score (nSPS) is 18.7. The fraction of sp³-hybridized carbons (Fsp3) is 0.538. The summed E-state index contributed by atoms with van der Waals surface area (Å²) in [6, 6.07) is 5.00. The Hall–Kier alpha value is -1.31. The van der Waals surface area contributed by atoms with E-state index < -0.39 is 10.0 Å². The highest BCUT2D eigenvalue weighted by molar-refractivity contribution is 7.89. The van der Waals surface area contributed by atoms with E-state index in [9.17, 15) is 8.42 Å². The van der Waals surface area contributed by atoms with Gasteiger partial charge in [0.25, 0.3) is 0 Å². The van der Waals surface area contributed by atoms with E-state index >= 15 is 0 Å². The molecule has 1 heterocycles. The largest absolute Gasteiger partial charge is 0.396 e. The second-order valence-corrected chi connectivity index (χ2v) is 6.68. The summed E-state index contributed by atoms with van der Waals surface area (Å²) in [7, 11) is -3.80. The number of hydrogen-bond acceptors (Lipinski definition) is 5. The summed E-state index contributed by atoms with van der Waals surface area (Å²) in [5, 5.41) is 8.44. The van der Waals surface area contributed by atoms with E-state index in [1.807, 2.05) is 0 Å². The van der Waals surface area contributed by atoms with Gasteiger partial charge in [-0.25, -0.2) is 13.6 Å². The molecule has 2 rings (SSSR count). The Morgan fingerprint density at radius 2 is 2.00 bits per heavy atom. The third-order valence-corrected chi connectivity index (χ3v) is 4.70. The Labute approximate surface area is 119 Å². The zero-order valence-corrected chi connectivity index (χ0v) is 12.3. The van der Waals surface area contributed by atoms with E-state index in [0.29, 0.717) is 11.6 Å². The smallest absolute Gasteiger partial charge is 0.240 e. The van der Waals surface area contributed by atoms with E-state index in [-0.39, 0.29) is 16.6 Å². The molecule has 0 spiro atoms. The Morgan fingerprint density at radius 1 is 1.35 bits per heavy atom. The van der Waals surface area contributed by atoms with Crippen molar-refractivity contribution in [3.8, 4) is 0 Å². The topological polar surface area (TPSA) is 107 Å². The fourth-order valence-electron chi connectivity index (χ4n) is 2.50. The Bertz CT molecular complexity index is 568. The van der Waals surface area contributed by atoms with Crippen molar-refractivity contribution >= 4 is 21.4 Å². The summed E-state index contributed by atoms with van der Waals surface area (Å²) in [6.45, 7) is 3.60. The third-order valence-electron chi connectivity index (χ3n) is 3.73. The van der Waals surface area contributed by atoms with E-state index in [1.54, 1.807) is 12.1 Å². The van der Waals surface area contributed by atoms with Crippen LogP contribution in [0, 0.1) is 5.92 Å². The molecule has 7 heteroatoms. The summed E-state index contributed by atoms with van der Waals surface area (Å²) in [5.74, 6) is 0.487. The van der Waals surface area contributed by atoms with Gasteiger partial charge in [0.15, 0.2) is 0 Å². The molecule has 0 aliphatic carbocycles. The highest BCUT2D eigenvalue weighted by Crippen LogP contribution is 2.28. The standard InChI is InChI=1S/C13H21N3O3S/c1-9(10-5-7-19-8-6-10)16-11-3-2-4-12(13(11)14)20(15,17)18/h2-4,9-10,16H,5-8,14H2,1H3,(H2,15,17,18). The zero-order valence-electron chi connectivity index (χ0n) is 11.5. The number of primary sulfonamides is 1. The van der Waals surface area contributed by atoms with Gasteiger partial charge < -0.3 is 15.8 Å². The predicted molar refractivity (Wildman–Crippen MR) is 78.9 cm³/mol. The Balaban J connectivity index is 2.17. The molecule has 1 unspecified atom stereocenters. The maximum atomic E-state index is 11.4. The van der Waals surface area contributed by atoms with Crippen molar-refractivity contribution < 1.29 is 13.2 Å². The molecule has 1 saturated heterocycles. The van der Waals surface area contributed by atoms with Gasteiger partial charge in [-0.2, -0.15) is 0 Å². The van der Waals surface area contributed by atoms with Crippen LogP contribution >= 0.6 is 0 Å². The molecule has 1 fully saturated rings. The van der Waals surface area contributed by atoms with Crippen LogP contribution in [0.15, 0.2) is 23.1 Å². The highest BCUT2D eigenvalue weighted by Gasteiger charge is 2.22. The molecule has 6 nitrogen and oxygen atoms in total. The summed E-state index contributed by atoms with van der Waals surface area (Å²) >= 11 is 0. The lowest BCUT2D eigenvalue weighted by Gasteiger charge is -2.29. The maximum Gasteiger partial charge on any atom is 0.240 e. The van der Waals surface area contributed by atoms with Gasteiger partial charge in [0.2, 0.25) is 10.0 Å². The van der Waals surface area contributed by atoms with Gasteiger partial charge in [0.05, 0.1) is 11.4 Å². The molecule has 0 radical (unpaired) electrons. The Kier molecular flexibility index (Phi) is 4.52. The van der Waals surface area contributed by atoms with Crippen molar-refractivity contribution in [1.29, 1.82) is 0 Å². The van der Waals surface area contributed by atoms with Crippen LogP contribution in [0.4, 0.5) is 11.4 Å². The van der Waals surface area contributed by atoms with Crippen molar-refractivity contribution in [3.05, 3.63) is 18.2 Å². The molecule has 1 atom stereocenters. The number of nitrogens with two attached hydrogens (primary N) is 2. The molecular formula is C13H21N3O3S. The van der Waals surface area contributed by atoms with Gasteiger partial charge in [-0.15, -0.1) is 0 Å². The first-order valence-corrected chi connectivity index (χ1v) is 8.20. The lowest BCUT2D eigenvalue weighted by molar-refractivity contribution is 0.0622. The van der Waals surface area contributed by atoms with Crippen LogP contribution in [0.25, 0.3) is 0 Å². The minimum Gasteiger partial charge on any atom is -0.396 e. The number of ether oxygens (including phenoxy) is 1. The highest BCUT2D eigenvalue weighted by atomic mass is 32.2. The minimum atomic E-state index is -3.80. The van der Waals surface area contributed by atoms with Crippen LogP contribution in [0.1, 0.15) is 19.8 Å². The van der Waals surface area contributed by atoms with Crippen molar-refractivity contribution in [1.82, 2.24) is 0 Å². The quantitative estimate of drug-likeness (QED) is 0.723. The monoisotopic (exact) mass is 299 g/mol. The summed E-state index contributed by atoms with van der Waals surface area (Å²) in [6.07, 6.45) is 1.98. The van der Waals surface area contributed by atoms with Gasteiger partial charge in [-0.05, 0) is 37.8 Å². The number of hydrogen-bond donors (Lipinski definition) is 3. The number of rotatable bonds is 4. The molecule has 1 aliphatic heterocycles. The summed E-state index contributed by atoms with van der Waals surface area (Å²) in [4.78, 5) is -0.0401. The molecule has 20 heavy (non-hydrogen) atoms. The number of benzene rings is 1. The van der Waals surface area contributed by atoms with Crippen molar-refractivity contribution in [2.75, 3.05) is 24.3 Å². The molecule has 1 aromatic carbocycles. The molecule has 5 N–H and O–H groups in total. The number of sulfonamides is 1. The Morgan fingerprint density at radius 3 is 2.60 bits per heavy atom. The third kappa shape index (κ3) is 3.41. The summed E-state index contributed by atoms with van der Waals surface area (Å²) in [5.41, 5.74) is 6.68. The van der Waals surface area contributed by atoms with Crippen molar-refractivity contribution in [2.24, 2.45) is 11.1 Å². The first-order valence-electron chi connectivity index (χ1n) is 6.65. The van der Waals surface area contributed by atoms with Gasteiger partial charge in [0, 0.05) is 19.3 Å². The molecule has 0 saturated carbocycles. The number of anilines is 2. The minimum absolute atomic E-state index is 0.0401. The van der Waals surface area contributed by atoms with E-state index in [2.05, 4.69) is 12.2 Å². The van der Waals surface area contributed by atoms with Crippen LogP contribution in [0.3, 0.4) is 0 Å². The SMILES string of the molecule is CC(Nc1cccc(S(N)(=O)=O)c1N)C1CCOCC1. The zero-order chi connectivity index (χ0) is 14.8. The van der Waals surface area contributed by atoms with E-state index in [0.717, 1.165) is 26.1 Å². The molecule has 112 valence electrons. The number of para-hydroxylation sites is 1. The number of nitrogen functional groups attached to an aromatic ring is 1. The molecule has 1 aromatic rings. The fourth-order valence-corrected chi connectivity index (χ4v) is 3.18. The molecule has 1 aliphatic rings. The van der Waals surface area contributed by atoms with Crippen LogP contribution in [0.2, 0.25) is 0 Å². The molecule has 0 aromatic heterocycles. The van der Waals surface area contributed by atoms with Gasteiger partial charge in [-0.1, -0.05) is 6.07 Å². The molecular weight excluding hydrogens is 278 g/mol. The van der Waals surface area contributed by atoms with Crippen LogP contribution in [-0.2, 0) is 14.8 Å². The van der Waals surface area contributed by atoms with Crippen molar-refractivity contribution in [3.63, 3.8) is 0 Å². The first-order chi connectivity index (χ1) is 9.39. The molecule has 0 amide bonds. The second kappa shape index (κ2) is 5.99. The lowest BCUT2D eigenvalue weighted by Crippen LogP contribution is -2.31. The van der Waals surface area contributed by atoms with Gasteiger partial charge in [0.1, 0.15) is 4.90 Å². The van der Waals surface area contributed by atoms with Crippen LogP contribution < -0.4 is 16.2 Å².